The van der Waals surface area contributed by atoms with Crippen molar-refractivity contribution in [3.63, 3.8) is 0 Å². The summed E-state index contributed by atoms with van der Waals surface area (Å²) in [6, 6.07) is 15.4. The number of aliphatic imine (C=N–C) groups is 2. The first kappa shape index (κ1) is 18.3. The fourth-order valence-electron chi connectivity index (χ4n) is 3.33. The Hall–Kier alpha value is -2.11. The van der Waals surface area contributed by atoms with E-state index >= 15 is 0 Å². The van der Waals surface area contributed by atoms with E-state index in [1.165, 1.54) is 0 Å². The third-order valence-corrected chi connectivity index (χ3v) is 6.28. The van der Waals surface area contributed by atoms with Gasteiger partial charge in [-0.15, -0.1) is 0 Å². The van der Waals surface area contributed by atoms with Crippen LogP contribution in [0.15, 0.2) is 58.5 Å². The van der Waals surface area contributed by atoms with Crippen molar-refractivity contribution in [2.45, 2.75) is 32.1 Å². The van der Waals surface area contributed by atoms with Crippen LogP contribution >= 0.6 is 23.4 Å². The number of hydrogen-bond donors (Lipinski definition) is 0. The van der Waals surface area contributed by atoms with E-state index in [0.717, 1.165) is 45.0 Å². The lowest BCUT2D eigenvalue weighted by Gasteiger charge is -2.33. The van der Waals surface area contributed by atoms with Crippen LogP contribution in [0, 0.1) is 5.92 Å². The molecule has 0 radical (unpaired) electrons. The number of amidine groups is 2. The molecule has 27 heavy (non-hydrogen) atoms. The van der Waals surface area contributed by atoms with E-state index in [4.69, 9.17) is 16.6 Å². The van der Waals surface area contributed by atoms with Gasteiger partial charge in [0.15, 0.2) is 5.17 Å². The van der Waals surface area contributed by atoms with Gasteiger partial charge in [-0.25, -0.2) is 4.99 Å². The molecule has 0 spiro atoms. The van der Waals surface area contributed by atoms with Crippen molar-refractivity contribution in [2.24, 2.45) is 15.9 Å². The lowest BCUT2D eigenvalue weighted by molar-refractivity contribution is -0.120. The van der Waals surface area contributed by atoms with Gasteiger partial charge in [-0.05, 0) is 35.7 Å². The largest absolute Gasteiger partial charge is 0.292 e. The van der Waals surface area contributed by atoms with E-state index in [1.807, 2.05) is 53.4 Å². The summed E-state index contributed by atoms with van der Waals surface area (Å²) in [6.45, 7) is 4.20. The fraction of sp³-hybridized carbons (Fsp3) is 0.286. The Morgan fingerprint density at radius 2 is 1.89 bits per heavy atom. The molecule has 2 heterocycles. The molecule has 0 bridgehead atoms. The van der Waals surface area contributed by atoms with Crippen LogP contribution in [-0.4, -0.2) is 27.9 Å². The summed E-state index contributed by atoms with van der Waals surface area (Å²) in [4.78, 5) is 24.0. The van der Waals surface area contributed by atoms with E-state index in [-0.39, 0.29) is 17.9 Å². The topological polar surface area (TPSA) is 45.0 Å². The molecule has 1 amide bonds. The number of hydrogen-bond acceptors (Lipinski definition) is 4. The zero-order valence-corrected chi connectivity index (χ0v) is 16.8. The van der Waals surface area contributed by atoms with Crippen LogP contribution in [0.1, 0.15) is 31.4 Å². The van der Waals surface area contributed by atoms with E-state index < -0.39 is 0 Å². The summed E-state index contributed by atoms with van der Waals surface area (Å²) in [5.41, 5.74) is 2.95. The zero-order valence-electron chi connectivity index (χ0n) is 15.2. The van der Waals surface area contributed by atoms with E-state index in [1.54, 1.807) is 11.8 Å². The van der Waals surface area contributed by atoms with Crippen LogP contribution < -0.4 is 0 Å². The van der Waals surface area contributed by atoms with Crippen molar-refractivity contribution in [3.8, 4) is 0 Å². The molecule has 0 aromatic heterocycles. The Balaban J connectivity index is 1.69. The molecule has 138 valence electrons. The molecular weight excluding hydrogens is 378 g/mol. The summed E-state index contributed by atoms with van der Waals surface area (Å²) in [5, 5.41) is 1.56. The van der Waals surface area contributed by atoms with Crippen molar-refractivity contribution in [1.29, 1.82) is 0 Å². The second-order valence-corrected chi connectivity index (χ2v) is 8.18. The van der Waals surface area contributed by atoms with Gasteiger partial charge >= 0.3 is 0 Å². The Bertz CT molecular complexity index is 939. The second-order valence-electron chi connectivity index (χ2n) is 6.80. The Kier molecular flexibility index (Phi) is 5.06. The van der Waals surface area contributed by atoms with Crippen LogP contribution in [0.2, 0.25) is 5.02 Å². The molecule has 2 atom stereocenters. The minimum absolute atomic E-state index is 0.0733. The highest BCUT2D eigenvalue weighted by molar-refractivity contribution is 8.13. The Morgan fingerprint density at radius 1 is 1.15 bits per heavy atom. The van der Waals surface area contributed by atoms with E-state index in [2.05, 4.69) is 18.8 Å². The second kappa shape index (κ2) is 7.49. The standard InChI is InChI=1S/C21H20ClN3OS/c1-3-13(2)18-20(26)24-19-16-6-4-5-7-17(16)23-21(25(18)19)27-12-14-8-10-15(22)11-9-14/h4-11,13,18H,3,12H2,1-2H3. The normalized spacial score (nSPS) is 19.3. The first-order valence-corrected chi connectivity index (χ1v) is 10.4. The van der Waals surface area contributed by atoms with Crippen LogP contribution in [-0.2, 0) is 10.5 Å². The fourth-order valence-corrected chi connectivity index (χ4v) is 4.45. The summed E-state index contributed by atoms with van der Waals surface area (Å²) in [5.74, 6) is 1.61. The summed E-state index contributed by atoms with van der Waals surface area (Å²) < 4.78 is 0. The predicted octanol–water partition coefficient (Wildman–Crippen LogP) is 5.28. The maximum atomic E-state index is 12.7. The van der Waals surface area contributed by atoms with Gasteiger partial charge in [-0.2, -0.15) is 4.99 Å². The van der Waals surface area contributed by atoms with Gasteiger partial charge in [0.1, 0.15) is 11.9 Å². The lowest BCUT2D eigenvalue weighted by atomic mass is 9.97. The molecule has 0 saturated heterocycles. The third kappa shape index (κ3) is 3.42. The predicted molar refractivity (Wildman–Crippen MR) is 113 cm³/mol. The van der Waals surface area contributed by atoms with E-state index in [9.17, 15) is 4.79 Å². The van der Waals surface area contributed by atoms with Crippen molar-refractivity contribution in [2.75, 3.05) is 0 Å². The number of amides is 1. The zero-order chi connectivity index (χ0) is 19.0. The molecule has 2 aliphatic heterocycles. The van der Waals surface area contributed by atoms with Gasteiger partial charge in [0.2, 0.25) is 0 Å². The van der Waals surface area contributed by atoms with Gasteiger partial charge in [-0.1, -0.05) is 67.9 Å². The molecule has 2 aromatic carbocycles. The van der Waals surface area contributed by atoms with Gasteiger partial charge in [-0.3, -0.25) is 9.69 Å². The van der Waals surface area contributed by atoms with Crippen LogP contribution in [0.25, 0.3) is 0 Å². The number of fused-ring (bicyclic) bond motifs is 3. The molecule has 4 nitrogen and oxygen atoms in total. The third-order valence-electron chi connectivity index (χ3n) is 5.01. The maximum absolute atomic E-state index is 12.7. The molecule has 2 unspecified atom stereocenters. The minimum Gasteiger partial charge on any atom is -0.292 e. The first-order valence-electron chi connectivity index (χ1n) is 9.05. The Morgan fingerprint density at radius 3 is 2.63 bits per heavy atom. The van der Waals surface area contributed by atoms with Crippen molar-refractivity contribution in [1.82, 2.24) is 4.90 Å². The van der Waals surface area contributed by atoms with Crippen molar-refractivity contribution >= 4 is 46.0 Å². The number of para-hydroxylation sites is 1. The molecule has 0 N–H and O–H groups in total. The number of rotatable bonds is 4. The average Bonchev–Trinajstić information content (AvgIpc) is 3.04. The minimum atomic E-state index is -0.283. The highest BCUT2D eigenvalue weighted by Gasteiger charge is 2.43. The summed E-state index contributed by atoms with van der Waals surface area (Å²) >= 11 is 7.61. The van der Waals surface area contributed by atoms with Gasteiger partial charge in [0.25, 0.3) is 5.91 Å². The monoisotopic (exact) mass is 397 g/mol. The van der Waals surface area contributed by atoms with Gasteiger partial charge < -0.3 is 0 Å². The SMILES string of the molecule is CCC(C)C1C(=O)N=C2c3ccccc3N=C(SCc3ccc(Cl)cc3)N21. The number of nitrogens with zero attached hydrogens (tertiary/aromatic N) is 3. The van der Waals surface area contributed by atoms with Crippen molar-refractivity contribution in [3.05, 3.63) is 64.7 Å². The quantitative estimate of drug-likeness (QED) is 0.705. The first-order chi connectivity index (χ1) is 13.1. The number of carbonyl (C=O) groups is 1. The maximum Gasteiger partial charge on any atom is 0.271 e. The van der Waals surface area contributed by atoms with Gasteiger partial charge in [0.05, 0.1) is 5.69 Å². The molecule has 0 fully saturated rings. The molecule has 4 rings (SSSR count). The number of halogens is 1. The molecule has 0 saturated carbocycles. The highest BCUT2D eigenvalue weighted by atomic mass is 35.5. The number of carbonyl (C=O) groups excluding carboxylic acids is 1. The van der Waals surface area contributed by atoms with Crippen LogP contribution in [0.4, 0.5) is 5.69 Å². The average molecular weight is 398 g/mol. The highest BCUT2D eigenvalue weighted by Crippen LogP contribution is 2.37. The smallest absolute Gasteiger partial charge is 0.271 e. The van der Waals surface area contributed by atoms with E-state index in [0.29, 0.717) is 0 Å². The number of benzene rings is 2. The molecular formula is C21H20ClN3OS. The molecule has 0 aliphatic carbocycles. The molecule has 2 aliphatic rings. The summed E-state index contributed by atoms with van der Waals surface area (Å²) in [6.07, 6.45) is 0.909. The van der Waals surface area contributed by atoms with Crippen LogP contribution in [0.3, 0.4) is 0 Å². The van der Waals surface area contributed by atoms with Crippen LogP contribution in [0.5, 0.6) is 0 Å². The lowest BCUT2D eigenvalue weighted by Crippen LogP contribution is -2.46. The van der Waals surface area contributed by atoms with Gasteiger partial charge in [0, 0.05) is 16.3 Å². The molecule has 6 heteroatoms. The molecule has 2 aromatic rings. The van der Waals surface area contributed by atoms with Crippen molar-refractivity contribution < 1.29 is 4.79 Å². The summed E-state index contributed by atoms with van der Waals surface area (Å²) in [7, 11) is 0. The Labute approximate surface area is 168 Å². The number of thioether (sulfide) groups is 1.